The molecule has 3 nitrogen and oxygen atoms in total. The zero-order valence-corrected chi connectivity index (χ0v) is 14.2. The SMILES string of the molecule is O=C(CCl)N1CCS[C@H]1c1ccccc1OCc1ccccc1. The summed E-state index contributed by atoms with van der Waals surface area (Å²) in [5.74, 6) is 1.73. The van der Waals surface area contributed by atoms with E-state index in [1.807, 2.05) is 59.5 Å². The van der Waals surface area contributed by atoms with Crippen molar-refractivity contribution in [2.24, 2.45) is 0 Å². The van der Waals surface area contributed by atoms with Gasteiger partial charge in [-0.3, -0.25) is 4.79 Å². The fourth-order valence-electron chi connectivity index (χ4n) is 2.61. The third kappa shape index (κ3) is 3.82. The summed E-state index contributed by atoms with van der Waals surface area (Å²) in [6.07, 6.45) is 0. The third-order valence-corrected chi connectivity index (χ3v) is 5.22. The van der Waals surface area contributed by atoms with Gasteiger partial charge in [0.05, 0.1) is 0 Å². The van der Waals surface area contributed by atoms with Crippen LogP contribution in [0.5, 0.6) is 5.75 Å². The highest BCUT2D eigenvalue weighted by molar-refractivity contribution is 7.99. The predicted molar refractivity (Wildman–Crippen MR) is 94.8 cm³/mol. The minimum atomic E-state index is -0.0282. The maximum atomic E-state index is 12.0. The minimum Gasteiger partial charge on any atom is -0.489 e. The van der Waals surface area contributed by atoms with Crippen LogP contribution < -0.4 is 4.74 Å². The zero-order valence-electron chi connectivity index (χ0n) is 12.7. The van der Waals surface area contributed by atoms with E-state index in [1.54, 1.807) is 11.8 Å². The number of halogens is 1. The van der Waals surface area contributed by atoms with E-state index in [4.69, 9.17) is 16.3 Å². The molecule has 1 heterocycles. The lowest BCUT2D eigenvalue weighted by Crippen LogP contribution is -2.31. The maximum absolute atomic E-state index is 12.0. The Balaban J connectivity index is 1.79. The van der Waals surface area contributed by atoms with E-state index < -0.39 is 0 Å². The van der Waals surface area contributed by atoms with Gasteiger partial charge in [-0.15, -0.1) is 23.4 Å². The molecule has 0 unspecified atom stereocenters. The number of hydrogen-bond donors (Lipinski definition) is 0. The van der Waals surface area contributed by atoms with E-state index in [2.05, 4.69) is 0 Å². The molecule has 0 saturated carbocycles. The van der Waals surface area contributed by atoms with Crippen LogP contribution in [-0.2, 0) is 11.4 Å². The second-order valence-corrected chi connectivity index (χ2v) is 6.71. The summed E-state index contributed by atoms with van der Waals surface area (Å²) in [4.78, 5) is 13.9. The number of para-hydroxylation sites is 1. The first-order chi connectivity index (χ1) is 11.3. The van der Waals surface area contributed by atoms with Crippen LogP contribution in [-0.4, -0.2) is 29.0 Å². The Bertz CT molecular complexity index is 665. The van der Waals surface area contributed by atoms with Crippen molar-refractivity contribution in [1.82, 2.24) is 4.90 Å². The lowest BCUT2D eigenvalue weighted by molar-refractivity contribution is -0.128. The normalized spacial score (nSPS) is 17.3. The summed E-state index contributed by atoms with van der Waals surface area (Å²) < 4.78 is 6.01. The van der Waals surface area contributed by atoms with E-state index in [0.717, 1.165) is 29.2 Å². The van der Waals surface area contributed by atoms with Crippen LogP contribution in [0.2, 0.25) is 0 Å². The smallest absolute Gasteiger partial charge is 0.238 e. The molecule has 23 heavy (non-hydrogen) atoms. The van der Waals surface area contributed by atoms with Crippen LogP contribution >= 0.6 is 23.4 Å². The summed E-state index contributed by atoms with van der Waals surface area (Å²) in [6, 6.07) is 18.0. The number of amides is 1. The van der Waals surface area contributed by atoms with Gasteiger partial charge in [0.25, 0.3) is 0 Å². The molecule has 0 aliphatic carbocycles. The molecular formula is C18H18ClNO2S. The fourth-order valence-corrected chi connectivity index (χ4v) is 4.07. The van der Waals surface area contributed by atoms with E-state index in [0.29, 0.717) is 6.61 Å². The van der Waals surface area contributed by atoms with Gasteiger partial charge >= 0.3 is 0 Å². The van der Waals surface area contributed by atoms with Crippen LogP contribution in [0.25, 0.3) is 0 Å². The molecule has 0 radical (unpaired) electrons. The topological polar surface area (TPSA) is 29.5 Å². The molecule has 2 aromatic rings. The molecule has 1 atom stereocenters. The summed E-state index contributed by atoms with van der Waals surface area (Å²) in [5.41, 5.74) is 2.15. The average molecular weight is 348 g/mol. The largest absolute Gasteiger partial charge is 0.489 e. The van der Waals surface area contributed by atoms with Crippen molar-refractivity contribution in [1.29, 1.82) is 0 Å². The average Bonchev–Trinajstić information content (AvgIpc) is 3.10. The molecule has 1 amide bonds. The number of benzene rings is 2. The van der Waals surface area contributed by atoms with Gasteiger partial charge in [-0.2, -0.15) is 0 Å². The summed E-state index contributed by atoms with van der Waals surface area (Å²) in [6.45, 7) is 1.24. The maximum Gasteiger partial charge on any atom is 0.238 e. The molecule has 120 valence electrons. The van der Waals surface area contributed by atoms with Gasteiger partial charge in [0.2, 0.25) is 5.91 Å². The van der Waals surface area contributed by atoms with E-state index in [-0.39, 0.29) is 17.2 Å². The first-order valence-corrected chi connectivity index (χ1v) is 9.10. The first kappa shape index (κ1) is 16.2. The summed E-state index contributed by atoms with van der Waals surface area (Å²) in [5, 5.41) is -0.0202. The van der Waals surface area contributed by atoms with Gasteiger partial charge in [0.15, 0.2) is 0 Å². The van der Waals surface area contributed by atoms with Crippen molar-refractivity contribution in [2.75, 3.05) is 18.2 Å². The first-order valence-electron chi connectivity index (χ1n) is 7.52. The van der Waals surface area contributed by atoms with Crippen molar-refractivity contribution in [3.63, 3.8) is 0 Å². The molecular weight excluding hydrogens is 330 g/mol. The number of nitrogens with zero attached hydrogens (tertiary/aromatic N) is 1. The summed E-state index contributed by atoms with van der Waals surface area (Å²) >= 11 is 7.48. The second kappa shape index (κ2) is 7.75. The van der Waals surface area contributed by atoms with Gasteiger partial charge in [-0.1, -0.05) is 48.5 Å². The van der Waals surface area contributed by atoms with Crippen molar-refractivity contribution in [3.05, 3.63) is 65.7 Å². The Hall–Kier alpha value is -1.65. The van der Waals surface area contributed by atoms with Gasteiger partial charge in [-0.25, -0.2) is 0 Å². The van der Waals surface area contributed by atoms with E-state index in [1.165, 1.54) is 0 Å². The highest BCUT2D eigenvalue weighted by Crippen LogP contribution is 2.42. The number of alkyl halides is 1. The number of ether oxygens (including phenoxy) is 1. The highest BCUT2D eigenvalue weighted by atomic mass is 35.5. The standard InChI is InChI=1S/C18H18ClNO2S/c19-12-17(21)20-10-11-23-18(20)15-8-4-5-9-16(15)22-13-14-6-2-1-3-7-14/h1-9,18H,10-13H2/t18-/m0/s1. The molecule has 1 aliphatic heterocycles. The van der Waals surface area contributed by atoms with Crippen LogP contribution in [0.1, 0.15) is 16.5 Å². The van der Waals surface area contributed by atoms with E-state index >= 15 is 0 Å². The molecule has 0 spiro atoms. The van der Waals surface area contributed by atoms with Crippen LogP contribution in [0.3, 0.4) is 0 Å². The van der Waals surface area contributed by atoms with Crippen LogP contribution in [0, 0.1) is 0 Å². The van der Waals surface area contributed by atoms with Crippen molar-refractivity contribution in [2.45, 2.75) is 12.0 Å². The number of hydrogen-bond acceptors (Lipinski definition) is 3. The molecule has 1 fully saturated rings. The van der Waals surface area contributed by atoms with Gasteiger partial charge in [-0.05, 0) is 11.6 Å². The Labute approximate surface area is 145 Å². The molecule has 2 aromatic carbocycles. The Morgan fingerprint density at radius 2 is 1.91 bits per heavy atom. The Morgan fingerprint density at radius 1 is 1.17 bits per heavy atom. The Morgan fingerprint density at radius 3 is 2.70 bits per heavy atom. The summed E-state index contributed by atoms with van der Waals surface area (Å²) in [7, 11) is 0. The highest BCUT2D eigenvalue weighted by Gasteiger charge is 2.31. The molecule has 1 saturated heterocycles. The van der Waals surface area contributed by atoms with E-state index in [9.17, 15) is 4.79 Å². The quantitative estimate of drug-likeness (QED) is 0.763. The van der Waals surface area contributed by atoms with Gasteiger partial charge in [0, 0.05) is 17.9 Å². The monoisotopic (exact) mass is 347 g/mol. The van der Waals surface area contributed by atoms with Crippen LogP contribution in [0.4, 0.5) is 0 Å². The second-order valence-electron chi connectivity index (χ2n) is 5.26. The number of rotatable bonds is 5. The van der Waals surface area contributed by atoms with Crippen molar-refractivity contribution in [3.8, 4) is 5.75 Å². The number of carbonyl (C=O) groups is 1. The minimum absolute atomic E-state index is 0.0180. The van der Waals surface area contributed by atoms with Crippen LogP contribution in [0.15, 0.2) is 54.6 Å². The molecule has 0 bridgehead atoms. The molecule has 0 N–H and O–H groups in total. The lowest BCUT2D eigenvalue weighted by atomic mass is 10.1. The lowest BCUT2D eigenvalue weighted by Gasteiger charge is -2.25. The van der Waals surface area contributed by atoms with Gasteiger partial charge < -0.3 is 9.64 Å². The fraction of sp³-hybridized carbons (Fsp3) is 0.278. The zero-order chi connectivity index (χ0) is 16.1. The molecule has 0 aromatic heterocycles. The van der Waals surface area contributed by atoms with Crippen molar-refractivity contribution < 1.29 is 9.53 Å². The molecule has 5 heteroatoms. The molecule has 3 rings (SSSR count). The van der Waals surface area contributed by atoms with Gasteiger partial charge in [0.1, 0.15) is 23.6 Å². The predicted octanol–water partition coefficient (Wildman–Crippen LogP) is 4.08. The number of thioether (sulfide) groups is 1. The van der Waals surface area contributed by atoms with Crippen molar-refractivity contribution >= 4 is 29.3 Å². The molecule has 1 aliphatic rings. The number of carbonyl (C=O) groups excluding carboxylic acids is 1. The third-order valence-electron chi connectivity index (χ3n) is 3.75. The Kier molecular flexibility index (Phi) is 5.47.